The lowest BCUT2D eigenvalue weighted by molar-refractivity contribution is 0.780. The van der Waals surface area contributed by atoms with Crippen LogP contribution in [0.25, 0.3) is 10.8 Å². The van der Waals surface area contributed by atoms with Crippen LogP contribution in [0.4, 0.5) is 0 Å². The molecule has 3 rings (SSSR count). The Labute approximate surface area is 125 Å². The van der Waals surface area contributed by atoms with Gasteiger partial charge >= 0.3 is 0 Å². The highest BCUT2D eigenvalue weighted by atomic mass is 14.8. The molecule has 0 aliphatic heterocycles. The Balaban J connectivity index is 2.11. The van der Waals surface area contributed by atoms with E-state index in [9.17, 15) is 0 Å². The highest BCUT2D eigenvalue weighted by molar-refractivity contribution is 5.86. The van der Waals surface area contributed by atoms with Gasteiger partial charge in [-0.3, -0.25) is 0 Å². The van der Waals surface area contributed by atoms with Crippen LogP contribution >= 0.6 is 0 Å². The number of hydrogen-bond donors (Lipinski definition) is 2. The summed E-state index contributed by atoms with van der Waals surface area (Å²) >= 11 is 0. The van der Waals surface area contributed by atoms with Crippen molar-refractivity contribution < 1.29 is 0 Å². The van der Waals surface area contributed by atoms with Crippen molar-refractivity contribution in [3.8, 4) is 0 Å². The first-order valence-corrected chi connectivity index (χ1v) is 7.27. The maximum Gasteiger partial charge on any atom is 0.0561 e. The summed E-state index contributed by atoms with van der Waals surface area (Å²) in [6.07, 6.45) is 0. The van der Waals surface area contributed by atoms with Crippen LogP contribution in [-0.4, -0.2) is 7.05 Å². The molecule has 0 aliphatic rings. The third-order valence-electron chi connectivity index (χ3n) is 3.92. The third kappa shape index (κ3) is 2.68. The van der Waals surface area contributed by atoms with Gasteiger partial charge in [0.1, 0.15) is 0 Å². The fourth-order valence-corrected chi connectivity index (χ4v) is 2.88. The smallest absolute Gasteiger partial charge is 0.0561 e. The molecular weight excluding hydrogens is 256 g/mol. The zero-order valence-corrected chi connectivity index (χ0v) is 12.2. The first-order valence-electron chi connectivity index (χ1n) is 7.27. The van der Waals surface area contributed by atoms with Crippen LogP contribution < -0.4 is 11.1 Å². The average molecular weight is 276 g/mol. The predicted molar refractivity (Wildman–Crippen MR) is 89.2 cm³/mol. The quantitative estimate of drug-likeness (QED) is 0.764. The maximum atomic E-state index is 6.59. The standard InChI is InChI=1S/C19H20N2/c1-21-13-15-8-3-5-11-17(15)19(20)18-12-6-9-14-7-2-4-10-16(14)18/h2-12,19,21H,13,20H2,1H3. The molecule has 3 N–H and O–H groups in total. The SMILES string of the molecule is CNCc1ccccc1C(N)c1cccc2ccccc12. The van der Waals surface area contributed by atoms with Crippen LogP contribution in [0.3, 0.4) is 0 Å². The Morgan fingerprint density at radius 1 is 0.857 bits per heavy atom. The first kappa shape index (κ1) is 13.8. The van der Waals surface area contributed by atoms with Gasteiger partial charge in [-0.1, -0.05) is 66.7 Å². The molecule has 21 heavy (non-hydrogen) atoms. The minimum absolute atomic E-state index is 0.111. The molecule has 1 atom stereocenters. The summed E-state index contributed by atoms with van der Waals surface area (Å²) in [4.78, 5) is 0. The van der Waals surface area contributed by atoms with E-state index in [0.29, 0.717) is 0 Å². The number of fused-ring (bicyclic) bond motifs is 1. The van der Waals surface area contributed by atoms with E-state index >= 15 is 0 Å². The number of hydrogen-bond acceptors (Lipinski definition) is 2. The topological polar surface area (TPSA) is 38.0 Å². The first-order chi connectivity index (χ1) is 10.3. The molecule has 106 valence electrons. The van der Waals surface area contributed by atoms with Gasteiger partial charge in [0.2, 0.25) is 0 Å². The van der Waals surface area contributed by atoms with Gasteiger partial charge in [-0.05, 0) is 34.5 Å². The lowest BCUT2D eigenvalue weighted by Crippen LogP contribution is -2.17. The second-order valence-corrected chi connectivity index (χ2v) is 5.28. The molecule has 0 aliphatic carbocycles. The fourth-order valence-electron chi connectivity index (χ4n) is 2.88. The molecule has 0 fully saturated rings. The zero-order chi connectivity index (χ0) is 14.7. The van der Waals surface area contributed by atoms with Crippen LogP contribution in [0.1, 0.15) is 22.7 Å². The van der Waals surface area contributed by atoms with E-state index in [1.807, 2.05) is 7.05 Å². The van der Waals surface area contributed by atoms with Gasteiger partial charge < -0.3 is 11.1 Å². The molecule has 1 unspecified atom stereocenters. The summed E-state index contributed by atoms with van der Waals surface area (Å²) in [5.74, 6) is 0. The molecule has 0 aromatic heterocycles. The Hall–Kier alpha value is -2.16. The Kier molecular flexibility index (Phi) is 4.00. The minimum atomic E-state index is -0.111. The monoisotopic (exact) mass is 276 g/mol. The molecular formula is C19H20N2. The van der Waals surface area contributed by atoms with Gasteiger partial charge in [0.25, 0.3) is 0 Å². The number of benzene rings is 3. The van der Waals surface area contributed by atoms with Crippen LogP contribution in [0.2, 0.25) is 0 Å². The summed E-state index contributed by atoms with van der Waals surface area (Å²) in [5, 5.41) is 5.67. The van der Waals surface area contributed by atoms with E-state index in [2.05, 4.69) is 72.0 Å². The third-order valence-corrected chi connectivity index (χ3v) is 3.92. The molecule has 0 spiro atoms. The lowest BCUT2D eigenvalue weighted by atomic mass is 9.91. The lowest BCUT2D eigenvalue weighted by Gasteiger charge is -2.18. The Morgan fingerprint density at radius 2 is 1.52 bits per heavy atom. The average Bonchev–Trinajstić information content (AvgIpc) is 2.54. The summed E-state index contributed by atoms with van der Waals surface area (Å²) in [6, 6.07) is 23.0. The maximum absolute atomic E-state index is 6.59. The summed E-state index contributed by atoms with van der Waals surface area (Å²) in [7, 11) is 1.96. The van der Waals surface area contributed by atoms with Crippen molar-refractivity contribution in [2.45, 2.75) is 12.6 Å². The number of rotatable bonds is 4. The Bertz CT molecular complexity index is 744. The second-order valence-electron chi connectivity index (χ2n) is 5.28. The summed E-state index contributed by atoms with van der Waals surface area (Å²) < 4.78 is 0. The molecule has 3 aromatic rings. The van der Waals surface area contributed by atoms with Gasteiger partial charge in [-0.2, -0.15) is 0 Å². The van der Waals surface area contributed by atoms with Gasteiger partial charge in [-0.15, -0.1) is 0 Å². The van der Waals surface area contributed by atoms with Crippen LogP contribution in [0, 0.1) is 0 Å². The predicted octanol–water partition coefficient (Wildman–Crippen LogP) is 3.61. The van der Waals surface area contributed by atoms with Crippen molar-refractivity contribution >= 4 is 10.8 Å². The van der Waals surface area contributed by atoms with Crippen LogP contribution in [-0.2, 0) is 6.54 Å². The van der Waals surface area contributed by atoms with E-state index < -0.39 is 0 Å². The molecule has 2 nitrogen and oxygen atoms in total. The summed E-state index contributed by atoms with van der Waals surface area (Å²) in [6.45, 7) is 0.828. The van der Waals surface area contributed by atoms with E-state index in [-0.39, 0.29) is 6.04 Å². The van der Waals surface area contributed by atoms with Crippen molar-refractivity contribution in [1.82, 2.24) is 5.32 Å². The van der Waals surface area contributed by atoms with Crippen LogP contribution in [0.15, 0.2) is 66.7 Å². The van der Waals surface area contributed by atoms with E-state index in [0.717, 1.165) is 6.54 Å². The van der Waals surface area contributed by atoms with Crippen LogP contribution in [0.5, 0.6) is 0 Å². The van der Waals surface area contributed by atoms with Gasteiger partial charge in [0.05, 0.1) is 6.04 Å². The molecule has 0 saturated heterocycles. The van der Waals surface area contributed by atoms with Crippen molar-refractivity contribution in [3.05, 3.63) is 83.4 Å². The highest BCUT2D eigenvalue weighted by Crippen LogP contribution is 2.29. The van der Waals surface area contributed by atoms with E-state index in [1.54, 1.807) is 0 Å². The normalized spacial score (nSPS) is 12.5. The second kappa shape index (κ2) is 6.08. The van der Waals surface area contributed by atoms with Gasteiger partial charge in [0, 0.05) is 6.54 Å². The Morgan fingerprint density at radius 3 is 2.38 bits per heavy atom. The molecule has 0 radical (unpaired) electrons. The van der Waals surface area contributed by atoms with Crippen molar-refractivity contribution in [3.63, 3.8) is 0 Å². The highest BCUT2D eigenvalue weighted by Gasteiger charge is 2.14. The van der Waals surface area contributed by atoms with E-state index in [1.165, 1.54) is 27.5 Å². The molecule has 0 bridgehead atoms. The molecule has 0 amide bonds. The van der Waals surface area contributed by atoms with Crippen molar-refractivity contribution in [2.24, 2.45) is 5.73 Å². The fraction of sp³-hybridized carbons (Fsp3) is 0.158. The molecule has 3 aromatic carbocycles. The number of nitrogens with one attached hydrogen (secondary N) is 1. The van der Waals surface area contributed by atoms with Gasteiger partial charge in [0.15, 0.2) is 0 Å². The molecule has 0 heterocycles. The molecule has 2 heteroatoms. The van der Waals surface area contributed by atoms with Crippen molar-refractivity contribution in [1.29, 1.82) is 0 Å². The van der Waals surface area contributed by atoms with Gasteiger partial charge in [-0.25, -0.2) is 0 Å². The molecule has 0 saturated carbocycles. The largest absolute Gasteiger partial charge is 0.320 e. The van der Waals surface area contributed by atoms with E-state index in [4.69, 9.17) is 5.73 Å². The zero-order valence-electron chi connectivity index (χ0n) is 12.2. The number of nitrogens with two attached hydrogens (primary N) is 1. The summed E-state index contributed by atoms with van der Waals surface area (Å²) in [5.41, 5.74) is 10.2. The van der Waals surface area contributed by atoms with Crippen molar-refractivity contribution in [2.75, 3.05) is 7.05 Å². The minimum Gasteiger partial charge on any atom is -0.320 e.